The number of aliphatic imine (C=N–C) groups is 1. The van der Waals surface area contributed by atoms with Crippen molar-refractivity contribution in [3.63, 3.8) is 0 Å². The lowest BCUT2D eigenvalue weighted by Crippen LogP contribution is -2.11. The molecule has 0 N–H and O–H groups in total. The minimum absolute atomic E-state index is 0.0876. The van der Waals surface area contributed by atoms with Crippen LogP contribution in [0.1, 0.15) is 36.8 Å². The predicted octanol–water partition coefficient (Wildman–Crippen LogP) is 5.15. The van der Waals surface area contributed by atoms with Gasteiger partial charge in [-0.1, -0.05) is 32.9 Å². The van der Waals surface area contributed by atoms with Crippen LogP contribution < -0.4 is 0 Å². The Hall–Kier alpha value is -1.72. The first-order valence-electron chi connectivity index (χ1n) is 7.22. The summed E-state index contributed by atoms with van der Waals surface area (Å²) < 4.78 is 6.31. The highest BCUT2D eigenvalue weighted by Gasteiger charge is 2.24. The van der Waals surface area contributed by atoms with Crippen LogP contribution in [0.3, 0.4) is 0 Å². The van der Waals surface area contributed by atoms with Gasteiger partial charge in [0, 0.05) is 10.4 Å². The highest BCUT2D eigenvalue weighted by Crippen LogP contribution is 2.27. The number of ether oxygens (including phenoxy) is 1. The van der Waals surface area contributed by atoms with Gasteiger partial charge < -0.3 is 4.74 Å². The van der Waals surface area contributed by atoms with Gasteiger partial charge in [-0.05, 0) is 57.2 Å². The average Bonchev–Trinajstić information content (AvgIpc) is 3.05. The van der Waals surface area contributed by atoms with Gasteiger partial charge in [0.05, 0.1) is 3.79 Å². The molecule has 2 aromatic rings. The topological polar surface area (TPSA) is 38.7 Å². The molecule has 0 saturated carbocycles. The second-order valence-electron chi connectivity index (χ2n) is 6.31. The molecule has 0 atom stereocenters. The third kappa shape index (κ3) is 3.62. The molecular weight excluding hydrogens is 374 g/mol. The number of carbonyl (C=O) groups is 1. The zero-order chi connectivity index (χ0) is 16.6. The van der Waals surface area contributed by atoms with E-state index in [-0.39, 0.29) is 5.41 Å². The molecule has 0 unspecified atom stereocenters. The zero-order valence-corrected chi connectivity index (χ0v) is 15.5. The van der Waals surface area contributed by atoms with Crippen LogP contribution in [0.25, 0.3) is 6.08 Å². The number of halogens is 1. The summed E-state index contributed by atoms with van der Waals surface area (Å²) in [6, 6.07) is 11.8. The number of hydrogen-bond acceptors (Lipinski definition) is 4. The standard InChI is InChI=1S/C18H16BrNO2S/c1-18(2,3)12-6-4-11(5-7-12)16-20-14(17(21)22-16)10-13-8-9-15(19)23-13/h4-10H,1-3H3. The molecule has 1 aliphatic heterocycles. The first-order valence-corrected chi connectivity index (χ1v) is 8.83. The zero-order valence-electron chi connectivity index (χ0n) is 13.1. The summed E-state index contributed by atoms with van der Waals surface area (Å²) in [4.78, 5) is 17.3. The Bertz CT molecular complexity index is 810. The largest absolute Gasteiger partial charge is 0.402 e. The van der Waals surface area contributed by atoms with Crippen LogP contribution in [0.15, 0.2) is 50.9 Å². The minimum atomic E-state index is -0.413. The van der Waals surface area contributed by atoms with Crippen LogP contribution in [0.2, 0.25) is 0 Å². The lowest BCUT2D eigenvalue weighted by atomic mass is 9.87. The van der Waals surface area contributed by atoms with E-state index in [2.05, 4.69) is 41.7 Å². The first kappa shape index (κ1) is 16.1. The lowest BCUT2D eigenvalue weighted by molar-refractivity contribution is -0.129. The fourth-order valence-corrected chi connectivity index (χ4v) is 3.55. The molecule has 3 nitrogen and oxygen atoms in total. The van der Waals surface area contributed by atoms with E-state index >= 15 is 0 Å². The second-order valence-corrected chi connectivity index (χ2v) is 8.80. The normalized spacial score (nSPS) is 16.6. The van der Waals surface area contributed by atoms with Crippen LogP contribution in [0.4, 0.5) is 0 Å². The highest BCUT2D eigenvalue weighted by atomic mass is 79.9. The van der Waals surface area contributed by atoms with Gasteiger partial charge in [0.2, 0.25) is 5.90 Å². The molecule has 118 valence electrons. The van der Waals surface area contributed by atoms with Crippen molar-refractivity contribution in [1.29, 1.82) is 0 Å². The van der Waals surface area contributed by atoms with Gasteiger partial charge in [-0.2, -0.15) is 0 Å². The van der Waals surface area contributed by atoms with E-state index in [1.165, 1.54) is 5.56 Å². The lowest BCUT2D eigenvalue weighted by Gasteiger charge is -2.18. The van der Waals surface area contributed by atoms with Crippen molar-refractivity contribution in [3.05, 3.63) is 61.9 Å². The Morgan fingerprint density at radius 1 is 1.13 bits per heavy atom. The van der Waals surface area contributed by atoms with Crippen LogP contribution in [-0.4, -0.2) is 11.9 Å². The van der Waals surface area contributed by atoms with Gasteiger partial charge in [-0.25, -0.2) is 9.79 Å². The van der Waals surface area contributed by atoms with Gasteiger partial charge in [0.15, 0.2) is 5.70 Å². The third-order valence-electron chi connectivity index (χ3n) is 3.49. The quantitative estimate of drug-likeness (QED) is 0.525. The number of benzene rings is 1. The van der Waals surface area contributed by atoms with Crippen LogP contribution in [0, 0.1) is 0 Å². The van der Waals surface area contributed by atoms with Crippen molar-refractivity contribution in [2.24, 2.45) is 4.99 Å². The number of thiophene rings is 1. The number of nitrogens with zero attached hydrogens (tertiary/aromatic N) is 1. The molecule has 23 heavy (non-hydrogen) atoms. The Balaban J connectivity index is 1.88. The molecule has 0 aliphatic carbocycles. The number of rotatable bonds is 2. The summed E-state index contributed by atoms with van der Waals surface area (Å²) in [6.07, 6.45) is 1.74. The molecule has 0 radical (unpaired) electrons. The minimum Gasteiger partial charge on any atom is -0.402 e. The Morgan fingerprint density at radius 3 is 2.39 bits per heavy atom. The van der Waals surface area contributed by atoms with Gasteiger partial charge >= 0.3 is 5.97 Å². The van der Waals surface area contributed by atoms with Crippen molar-refractivity contribution in [3.8, 4) is 0 Å². The van der Waals surface area contributed by atoms with Gasteiger partial charge in [0.25, 0.3) is 0 Å². The van der Waals surface area contributed by atoms with E-state index in [0.717, 1.165) is 14.2 Å². The number of cyclic esters (lactones) is 1. The average molecular weight is 390 g/mol. The fraction of sp³-hybridized carbons (Fsp3) is 0.222. The Labute approximate surface area is 147 Å². The molecule has 0 spiro atoms. The van der Waals surface area contributed by atoms with Gasteiger partial charge in [-0.15, -0.1) is 11.3 Å². The molecule has 1 aliphatic rings. The molecule has 0 fully saturated rings. The fourth-order valence-electron chi connectivity index (χ4n) is 2.19. The summed E-state index contributed by atoms with van der Waals surface area (Å²) in [5.74, 6) is -0.0539. The monoisotopic (exact) mass is 389 g/mol. The maximum Gasteiger partial charge on any atom is 0.363 e. The summed E-state index contributed by atoms with van der Waals surface area (Å²) in [5, 5.41) is 0. The molecule has 3 rings (SSSR count). The van der Waals surface area contributed by atoms with Crippen molar-refractivity contribution in [2.45, 2.75) is 26.2 Å². The second kappa shape index (κ2) is 6.06. The number of esters is 1. The van der Waals surface area contributed by atoms with Crippen molar-refractivity contribution >= 4 is 45.2 Å². The predicted molar refractivity (Wildman–Crippen MR) is 97.8 cm³/mol. The van der Waals surface area contributed by atoms with Gasteiger partial charge in [-0.3, -0.25) is 0 Å². The third-order valence-corrected chi connectivity index (χ3v) is 5.06. The SMILES string of the molecule is CC(C)(C)c1ccc(C2=NC(=Cc3ccc(Br)s3)C(=O)O2)cc1. The van der Waals surface area contributed by atoms with E-state index in [1.807, 2.05) is 36.4 Å². The summed E-state index contributed by atoms with van der Waals surface area (Å²) in [6.45, 7) is 6.49. The highest BCUT2D eigenvalue weighted by molar-refractivity contribution is 9.11. The first-order chi connectivity index (χ1) is 10.8. The molecule has 1 aromatic heterocycles. The maximum atomic E-state index is 12.0. The maximum absolute atomic E-state index is 12.0. The van der Waals surface area contributed by atoms with Gasteiger partial charge in [0.1, 0.15) is 0 Å². The van der Waals surface area contributed by atoms with Crippen molar-refractivity contribution < 1.29 is 9.53 Å². The summed E-state index contributed by atoms with van der Waals surface area (Å²) >= 11 is 4.95. The molecule has 1 aromatic carbocycles. The molecule has 5 heteroatoms. The van der Waals surface area contributed by atoms with E-state index in [0.29, 0.717) is 11.6 Å². The molecule has 0 amide bonds. The van der Waals surface area contributed by atoms with E-state index in [1.54, 1.807) is 17.4 Å². The molecular formula is C18H16BrNO2S. The van der Waals surface area contributed by atoms with Crippen molar-refractivity contribution in [1.82, 2.24) is 0 Å². The number of carbonyl (C=O) groups excluding carboxylic acids is 1. The van der Waals surface area contributed by atoms with Crippen molar-refractivity contribution in [2.75, 3.05) is 0 Å². The smallest absolute Gasteiger partial charge is 0.363 e. The van der Waals surface area contributed by atoms with Crippen LogP contribution >= 0.6 is 27.3 Å². The Morgan fingerprint density at radius 2 is 1.83 bits per heavy atom. The van der Waals surface area contributed by atoms with E-state index < -0.39 is 5.97 Å². The Kier molecular flexibility index (Phi) is 4.25. The van der Waals surface area contributed by atoms with E-state index in [9.17, 15) is 4.79 Å². The number of hydrogen-bond donors (Lipinski definition) is 0. The van der Waals surface area contributed by atoms with E-state index in [4.69, 9.17) is 4.74 Å². The summed E-state index contributed by atoms with van der Waals surface area (Å²) in [5.41, 5.74) is 2.45. The summed E-state index contributed by atoms with van der Waals surface area (Å²) in [7, 11) is 0. The van der Waals surface area contributed by atoms with Crippen LogP contribution in [-0.2, 0) is 14.9 Å². The molecule has 0 saturated heterocycles. The molecule has 2 heterocycles. The molecule has 0 bridgehead atoms. The van der Waals surface area contributed by atoms with Crippen LogP contribution in [0.5, 0.6) is 0 Å².